The Hall–Kier alpha value is -1.73. The van der Waals surface area contributed by atoms with Gasteiger partial charge >= 0.3 is 5.97 Å². The van der Waals surface area contributed by atoms with E-state index in [0.717, 1.165) is 14.9 Å². The maximum absolute atomic E-state index is 10.9. The fourth-order valence-corrected chi connectivity index (χ4v) is 3.25. The molecule has 3 aromatic rings. The number of thiophene rings is 1. The van der Waals surface area contributed by atoms with Crippen LogP contribution < -0.4 is 0 Å². The number of aromatic nitrogens is 3. The minimum absolute atomic E-state index is 0.219. The first-order valence-corrected chi connectivity index (χ1v) is 7.11. The number of carboxylic acid groups (broad SMARTS) is 1. The van der Waals surface area contributed by atoms with Crippen molar-refractivity contribution in [1.29, 1.82) is 0 Å². The van der Waals surface area contributed by atoms with Gasteiger partial charge in [-0.15, -0.1) is 16.4 Å². The SMILES string of the molecule is O=C(O)c1ccc2c(c1)nnn2Cc1sccc1Br. The van der Waals surface area contributed by atoms with E-state index in [9.17, 15) is 4.79 Å². The third-order valence-electron chi connectivity index (χ3n) is 2.75. The molecular formula is C12H8BrN3O2S. The van der Waals surface area contributed by atoms with Crippen LogP contribution in [0.15, 0.2) is 34.1 Å². The van der Waals surface area contributed by atoms with Gasteiger partial charge in [-0.2, -0.15) is 0 Å². The molecule has 2 aromatic heterocycles. The first-order valence-electron chi connectivity index (χ1n) is 5.43. The Balaban J connectivity index is 2.02. The highest BCUT2D eigenvalue weighted by molar-refractivity contribution is 9.10. The fraction of sp³-hybridized carbons (Fsp3) is 0.0833. The van der Waals surface area contributed by atoms with E-state index in [2.05, 4.69) is 26.2 Å². The number of fused-ring (bicyclic) bond motifs is 1. The largest absolute Gasteiger partial charge is 0.478 e. The lowest BCUT2D eigenvalue weighted by Gasteiger charge is -2.01. The van der Waals surface area contributed by atoms with Gasteiger partial charge in [0.05, 0.1) is 17.6 Å². The van der Waals surface area contributed by atoms with E-state index in [1.54, 1.807) is 28.2 Å². The van der Waals surface area contributed by atoms with Crippen LogP contribution in [0.5, 0.6) is 0 Å². The number of nitrogens with zero attached hydrogens (tertiary/aromatic N) is 3. The van der Waals surface area contributed by atoms with Gasteiger partial charge in [0.25, 0.3) is 0 Å². The van der Waals surface area contributed by atoms with Crippen molar-refractivity contribution in [1.82, 2.24) is 15.0 Å². The van der Waals surface area contributed by atoms with E-state index in [4.69, 9.17) is 5.11 Å². The second-order valence-corrected chi connectivity index (χ2v) is 5.80. The molecule has 0 radical (unpaired) electrons. The molecule has 7 heteroatoms. The van der Waals surface area contributed by atoms with E-state index in [1.165, 1.54) is 6.07 Å². The molecule has 0 unspecified atom stereocenters. The summed E-state index contributed by atoms with van der Waals surface area (Å²) in [5.41, 5.74) is 1.63. The van der Waals surface area contributed by atoms with Crippen LogP contribution in [0.3, 0.4) is 0 Å². The number of rotatable bonds is 3. The monoisotopic (exact) mass is 337 g/mol. The summed E-state index contributed by atoms with van der Waals surface area (Å²) in [5.74, 6) is -0.961. The predicted octanol–water partition coefficient (Wildman–Crippen LogP) is 3.00. The predicted molar refractivity (Wildman–Crippen MR) is 75.6 cm³/mol. The topological polar surface area (TPSA) is 68.0 Å². The van der Waals surface area contributed by atoms with Crippen LogP contribution in [0, 0.1) is 0 Å². The number of carbonyl (C=O) groups is 1. The van der Waals surface area contributed by atoms with Crippen LogP contribution in [0.4, 0.5) is 0 Å². The molecule has 0 aliphatic rings. The molecule has 0 saturated carbocycles. The first kappa shape index (κ1) is 12.3. The molecule has 96 valence electrons. The molecule has 0 saturated heterocycles. The zero-order valence-corrected chi connectivity index (χ0v) is 12.0. The standard InChI is InChI=1S/C12H8BrN3O2S/c13-8-3-4-19-11(8)6-16-10-2-1-7(12(17)18)5-9(10)14-15-16/h1-5H,6H2,(H,17,18). The summed E-state index contributed by atoms with van der Waals surface area (Å²) in [7, 11) is 0. The van der Waals surface area contributed by atoms with E-state index >= 15 is 0 Å². The Kier molecular flexibility index (Phi) is 3.08. The quantitative estimate of drug-likeness (QED) is 0.797. The molecule has 0 bridgehead atoms. The highest BCUT2D eigenvalue weighted by Gasteiger charge is 2.10. The van der Waals surface area contributed by atoms with Crippen LogP contribution in [0.2, 0.25) is 0 Å². The molecule has 2 heterocycles. The van der Waals surface area contributed by atoms with Gasteiger partial charge in [0.2, 0.25) is 0 Å². The minimum atomic E-state index is -0.961. The first-order chi connectivity index (χ1) is 9.15. The van der Waals surface area contributed by atoms with Crippen LogP contribution in [-0.2, 0) is 6.54 Å². The van der Waals surface area contributed by atoms with Gasteiger partial charge in [-0.25, -0.2) is 9.48 Å². The number of benzene rings is 1. The van der Waals surface area contributed by atoms with Crippen LogP contribution in [0.1, 0.15) is 15.2 Å². The lowest BCUT2D eigenvalue weighted by Crippen LogP contribution is -2.01. The summed E-state index contributed by atoms with van der Waals surface area (Å²) in [6, 6.07) is 6.82. The molecule has 0 aliphatic carbocycles. The average Bonchev–Trinajstić information content (AvgIpc) is 2.97. The number of aromatic carboxylic acids is 1. The van der Waals surface area contributed by atoms with Crippen molar-refractivity contribution < 1.29 is 9.90 Å². The highest BCUT2D eigenvalue weighted by Crippen LogP contribution is 2.24. The summed E-state index contributed by atoms with van der Waals surface area (Å²) >= 11 is 5.11. The lowest BCUT2D eigenvalue weighted by atomic mass is 10.2. The molecule has 0 spiro atoms. The number of hydrogen-bond acceptors (Lipinski definition) is 4. The summed E-state index contributed by atoms with van der Waals surface area (Å²) in [6.07, 6.45) is 0. The van der Waals surface area contributed by atoms with Gasteiger partial charge in [-0.1, -0.05) is 5.21 Å². The second-order valence-electron chi connectivity index (χ2n) is 3.95. The Labute approximate surface area is 120 Å². The molecule has 1 N–H and O–H groups in total. The second kappa shape index (κ2) is 4.75. The van der Waals surface area contributed by atoms with Crippen molar-refractivity contribution in [2.45, 2.75) is 6.54 Å². The van der Waals surface area contributed by atoms with Gasteiger partial charge in [0.15, 0.2) is 0 Å². The molecule has 1 aromatic carbocycles. The molecule has 5 nitrogen and oxygen atoms in total. The van der Waals surface area contributed by atoms with Gasteiger partial charge in [0, 0.05) is 9.35 Å². The zero-order valence-electron chi connectivity index (χ0n) is 9.58. The Morgan fingerprint density at radius 3 is 2.95 bits per heavy atom. The van der Waals surface area contributed by atoms with E-state index < -0.39 is 5.97 Å². The average molecular weight is 338 g/mol. The Morgan fingerprint density at radius 2 is 2.26 bits per heavy atom. The van der Waals surface area contributed by atoms with Crippen molar-refractivity contribution in [2.75, 3.05) is 0 Å². The number of halogens is 1. The summed E-state index contributed by atoms with van der Waals surface area (Å²) in [5, 5.41) is 19.0. The highest BCUT2D eigenvalue weighted by atomic mass is 79.9. The minimum Gasteiger partial charge on any atom is -0.478 e. The molecule has 0 atom stereocenters. The maximum atomic E-state index is 10.9. The Morgan fingerprint density at radius 1 is 1.42 bits per heavy atom. The Bertz CT molecular complexity index is 765. The van der Waals surface area contributed by atoms with Crippen LogP contribution >= 0.6 is 27.3 Å². The van der Waals surface area contributed by atoms with Gasteiger partial charge in [0.1, 0.15) is 5.52 Å². The van der Waals surface area contributed by atoms with Crippen molar-refractivity contribution >= 4 is 44.3 Å². The third-order valence-corrected chi connectivity index (χ3v) is 4.66. The van der Waals surface area contributed by atoms with Crippen molar-refractivity contribution in [3.63, 3.8) is 0 Å². The summed E-state index contributed by atoms with van der Waals surface area (Å²) in [6.45, 7) is 0.612. The van der Waals surface area contributed by atoms with Crippen molar-refractivity contribution in [2.24, 2.45) is 0 Å². The van der Waals surface area contributed by atoms with E-state index in [-0.39, 0.29) is 5.56 Å². The summed E-state index contributed by atoms with van der Waals surface area (Å²) < 4.78 is 2.81. The number of carboxylic acids is 1. The molecule has 0 fully saturated rings. The van der Waals surface area contributed by atoms with Crippen molar-refractivity contribution in [3.05, 3.63) is 44.6 Å². The fourth-order valence-electron chi connectivity index (χ4n) is 1.80. The molecule has 0 amide bonds. The van der Waals surface area contributed by atoms with Gasteiger partial charge in [-0.05, 0) is 45.6 Å². The van der Waals surface area contributed by atoms with Gasteiger partial charge < -0.3 is 5.11 Å². The van der Waals surface area contributed by atoms with E-state index in [0.29, 0.717) is 12.1 Å². The zero-order chi connectivity index (χ0) is 13.4. The molecule has 19 heavy (non-hydrogen) atoms. The van der Waals surface area contributed by atoms with Crippen LogP contribution in [0.25, 0.3) is 11.0 Å². The van der Waals surface area contributed by atoms with Crippen molar-refractivity contribution in [3.8, 4) is 0 Å². The third kappa shape index (κ3) is 2.26. The smallest absolute Gasteiger partial charge is 0.335 e. The van der Waals surface area contributed by atoms with Gasteiger partial charge in [-0.3, -0.25) is 0 Å². The van der Waals surface area contributed by atoms with E-state index in [1.807, 2.05) is 11.4 Å². The summed E-state index contributed by atoms with van der Waals surface area (Å²) in [4.78, 5) is 12.0. The number of hydrogen-bond donors (Lipinski definition) is 1. The lowest BCUT2D eigenvalue weighted by molar-refractivity contribution is 0.0697. The normalized spacial score (nSPS) is 11.0. The molecule has 0 aliphatic heterocycles. The maximum Gasteiger partial charge on any atom is 0.335 e. The molecular weight excluding hydrogens is 330 g/mol. The van der Waals surface area contributed by atoms with Crippen LogP contribution in [-0.4, -0.2) is 26.1 Å². The molecule has 3 rings (SSSR count).